The Hall–Kier alpha value is -1.94. The van der Waals surface area contributed by atoms with Crippen LogP contribution in [0.1, 0.15) is 11.4 Å². The van der Waals surface area contributed by atoms with Crippen LogP contribution in [0.5, 0.6) is 0 Å². The third kappa shape index (κ3) is 6.67. The van der Waals surface area contributed by atoms with E-state index in [0.717, 1.165) is 47.6 Å². The Morgan fingerprint density at radius 2 is 1.21 bits per heavy atom. The van der Waals surface area contributed by atoms with Gasteiger partial charge in [-0.2, -0.15) is 9.97 Å². The number of anilines is 4. The summed E-state index contributed by atoms with van der Waals surface area (Å²) in [5, 5.41) is 6.49. The van der Waals surface area contributed by atoms with E-state index in [1.54, 1.807) is 21.6 Å². The highest BCUT2D eigenvalue weighted by molar-refractivity contribution is 8.76. The summed E-state index contributed by atoms with van der Waals surface area (Å²) in [7, 11) is 3.61. The number of nitrogens with zero attached hydrogens (tertiary/aromatic N) is 4. The Labute approximate surface area is 149 Å². The van der Waals surface area contributed by atoms with E-state index in [-0.39, 0.29) is 0 Å². The first-order valence-electron chi connectivity index (χ1n) is 7.47. The van der Waals surface area contributed by atoms with Crippen LogP contribution in [0.3, 0.4) is 0 Å². The van der Waals surface area contributed by atoms with E-state index in [9.17, 15) is 0 Å². The van der Waals surface area contributed by atoms with Crippen molar-refractivity contribution in [2.24, 2.45) is 0 Å². The molecule has 0 spiro atoms. The fraction of sp³-hybridized carbons (Fsp3) is 0.429. The number of nitrogens with one attached hydrogen (secondary N) is 2. The van der Waals surface area contributed by atoms with Gasteiger partial charge in [-0.3, -0.25) is 0 Å². The molecule has 0 fully saturated rings. The van der Waals surface area contributed by atoms with Gasteiger partial charge < -0.3 is 22.1 Å². The molecule has 2 aromatic rings. The lowest BCUT2D eigenvalue weighted by atomic mass is 10.4. The van der Waals surface area contributed by atoms with Crippen LogP contribution >= 0.6 is 21.6 Å². The van der Waals surface area contributed by atoms with Crippen molar-refractivity contribution in [2.75, 3.05) is 46.7 Å². The molecule has 8 nitrogen and oxygen atoms in total. The molecule has 2 aromatic heterocycles. The van der Waals surface area contributed by atoms with Crippen molar-refractivity contribution >= 4 is 45.1 Å². The monoisotopic (exact) mass is 366 g/mol. The number of aromatic nitrogens is 4. The molecule has 0 bridgehead atoms. The number of aryl methyl sites for hydroxylation is 2. The first kappa shape index (κ1) is 18.4. The number of hydrogen-bond acceptors (Lipinski definition) is 10. The van der Waals surface area contributed by atoms with Crippen LogP contribution in [0.2, 0.25) is 0 Å². The average Bonchev–Trinajstić information content (AvgIpc) is 2.48. The van der Waals surface area contributed by atoms with Crippen LogP contribution in [0, 0.1) is 13.8 Å². The highest BCUT2D eigenvalue weighted by atomic mass is 33.1. The normalized spacial score (nSPS) is 10.6. The molecule has 2 heterocycles. The maximum atomic E-state index is 5.62. The Morgan fingerprint density at radius 3 is 1.58 bits per heavy atom. The highest BCUT2D eigenvalue weighted by Gasteiger charge is 2.00. The molecule has 0 aliphatic heterocycles. The molecule has 0 atom stereocenters. The molecule has 0 aliphatic carbocycles. The molecule has 0 amide bonds. The van der Waals surface area contributed by atoms with Crippen LogP contribution in [0.4, 0.5) is 23.5 Å². The van der Waals surface area contributed by atoms with Crippen LogP contribution in [-0.4, -0.2) is 44.5 Å². The van der Waals surface area contributed by atoms with Crippen LogP contribution in [0.15, 0.2) is 12.1 Å². The smallest absolute Gasteiger partial charge is 0.222 e. The molecule has 0 radical (unpaired) electrons. The van der Waals surface area contributed by atoms with E-state index in [4.69, 9.17) is 11.5 Å². The molecular weight excluding hydrogens is 344 g/mol. The molecule has 0 unspecified atom stereocenters. The molecule has 0 saturated carbocycles. The largest absolute Gasteiger partial charge is 0.369 e. The Balaban J connectivity index is 1.55. The standard InChI is InChI=1S/C14H22N8S2/c1-9-7-11(21-13(15)19-9)17-3-5-23-24-6-4-18-12-8-10(2)20-14(16)22-12/h7-8H,3-6H2,1-2H3,(H3,15,17,19,21)(H3,16,18,20,22). The summed E-state index contributed by atoms with van der Waals surface area (Å²) in [4.78, 5) is 16.4. The van der Waals surface area contributed by atoms with Gasteiger partial charge in [0.15, 0.2) is 0 Å². The molecule has 6 N–H and O–H groups in total. The summed E-state index contributed by atoms with van der Waals surface area (Å²) >= 11 is 0. The van der Waals surface area contributed by atoms with E-state index in [1.165, 1.54) is 0 Å². The van der Waals surface area contributed by atoms with E-state index in [1.807, 2.05) is 26.0 Å². The zero-order valence-corrected chi connectivity index (χ0v) is 15.4. The van der Waals surface area contributed by atoms with Crippen molar-refractivity contribution in [2.45, 2.75) is 13.8 Å². The second kappa shape index (κ2) is 9.38. The summed E-state index contributed by atoms with van der Waals surface area (Å²) in [5.74, 6) is 4.06. The zero-order chi connectivity index (χ0) is 17.4. The van der Waals surface area contributed by atoms with Gasteiger partial charge >= 0.3 is 0 Å². The van der Waals surface area contributed by atoms with Crippen molar-refractivity contribution in [1.82, 2.24) is 19.9 Å². The Bertz CT molecular complexity index is 569. The second-order valence-corrected chi connectivity index (χ2v) is 7.71. The summed E-state index contributed by atoms with van der Waals surface area (Å²) in [5.41, 5.74) is 13.0. The SMILES string of the molecule is Cc1cc(NCCSSCCNc2cc(C)nc(N)n2)nc(N)n1. The lowest BCUT2D eigenvalue weighted by Gasteiger charge is -2.08. The molecule has 24 heavy (non-hydrogen) atoms. The highest BCUT2D eigenvalue weighted by Crippen LogP contribution is 2.20. The summed E-state index contributed by atoms with van der Waals surface area (Å²) in [6.45, 7) is 5.44. The molecule has 2 rings (SSSR count). The second-order valence-electron chi connectivity index (χ2n) is 5.00. The van der Waals surface area contributed by atoms with Crippen molar-refractivity contribution in [1.29, 1.82) is 0 Å². The van der Waals surface area contributed by atoms with Gasteiger partial charge in [-0.05, 0) is 13.8 Å². The van der Waals surface area contributed by atoms with Crippen LogP contribution in [-0.2, 0) is 0 Å². The fourth-order valence-corrected chi connectivity index (χ4v) is 3.74. The molecular formula is C14H22N8S2. The zero-order valence-electron chi connectivity index (χ0n) is 13.7. The summed E-state index contributed by atoms with van der Waals surface area (Å²) in [6.07, 6.45) is 0. The first-order chi connectivity index (χ1) is 11.5. The summed E-state index contributed by atoms with van der Waals surface area (Å²) in [6, 6.07) is 3.76. The maximum absolute atomic E-state index is 5.62. The van der Waals surface area contributed by atoms with E-state index >= 15 is 0 Å². The first-order valence-corrected chi connectivity index (χ1v) is 9.96. The number of hydrogen-bond donors (Lipinski definition) is 4. The van der Waals surface area contributed by atoms with Gasteiger partial charge in [-0.1, -0.05) is 21.6 Å². The fourth-order valence-electron chi connectivity index (χ4n) is 1.92. The average molecular weight is 367 g/mol. The van der Waals surface area contributed by atoms with Crippen LogP contribution in [0.25, 0.3) is 0 Å². The van der Waals surface area contributed by atoms with Gasteiger partial charge in [0.05, 0.1) is 0 Å². The number of rotatable bonds is 9. The van der Waals surface area contributed by atoms with E-state index < -0.39 is 0 Å². The van der Waals surface area contributed by atoms with E-state index in [2.05, 4.69) is 30.6 Å². The predicted octanol–water partition coefficient (Wildman–Crippen LogP) is 1.95. The molecule has 0 saturated heterocycles. The quantitative estimate of drug-likeness (QED) is 0.386. The van der Waals surface area contributed by atoms with Crippen molar-refractivity contribution in [3.63, 3.8) is 0 Å². The van der Waals surface area contributed by atoms with Crippen LogP contribution < -0.4 is 22.1 Å². The topological polar surface area (TPSA) is 128 Å². The van der Waals surface area contributed by atoms with Gasteiger partial charge in [0.1, 0.15) is 11.6 Å². The Morgan fingerprint density at radius 1 is 0.792 bits per heavy atom. The summed E-state index contributed by atoms with van der Waals surface area (Å²) < 4.78 is 0. The third-order valence-electron chi connectivity index (χ3n) is 2.81. The van der Waals surface area contributed by atoms with Crippen molar-refractivity contribution in [3.8, 4) is 0 Å². The molecule has 10 heteroatoms. The molecule has 130 valence electrons. The van der Waals surface area contributed by atoms with Gasteiger partial charge in [-0.25, -0.2) is 9.97 Å². The van der Waals surface area contributed by atoms with Gasteiger partial charge in [0, 0.05) is 48.1 Å². The van der Waals surface area contributed by atoms with E-state index in [0.29, 0.717) is 11.9 Å². The lowest BCUT2D eigenvalue weighted by Crippen LogP contribution is -2.09. The predicted molar refractivity (Wildman–Crippen MR) is 104 cm³/mol. The van der Waals surface area contributed by atoms with Gasteiger partial charge in [-0.15, -0.1) is 0 Å². The minimum absolute atomic E-state index is 0.297. The third-order valence-corrected chi connectivity index (χ3v) is 5.22. The molecule has 0 aliphatic rings. The minimum Gasteiger partial charge on any atom is -0.369 e. The van der Waals surface area contributed by atoms with Crippen molar-refractivity contribution < 1.29 is 0 Å². The van der Waals surface area contributed by atoms with Crippen molar-refractivity contribution in [3.05, 3.63) is 23.5 Å². The lowest BCUT2D eigenvalue weighted by molar-refractivity contribution is 1.09. The van der Waals surface area contributed by atoms with Gasteiger partial charge in [0.25, 0.3) is 0 Å². The minimum atomic E-state index is 0.297. The number of nitrogen functional groups attached to an aromatic ring is 2. The maximum Gasteiger partial charge on any atom is 0.222 e. The van der Waals surface area contributed by atoms with Gasteiger partial charge in [0.2, 0.25) is 11.9 Å². The Kier molecular flexibility index (Phi) is 7.19. The number of nitrogens with two attached hydrogens (primary N) is 2. The molecule has 0 aromatic carbocycles.